The van der Waals surface area contributed by atoms with Crippen molar-refractivity contribution >= 4 is 26.0 Å². The summed E-state index contributed by atoms with van der Waals surface area (Å²) in [4.78, 5) is 39.3. The van der Waals surface area contributed by atoms with E-state index in [0.29, 0.717) is 23.8 Å². The van der Waals surface area contributed by atoms with Crippen molar-refractivity contribution in [3.8, 4) is 11.1 Å². The maximum absolute atomic E-state index is 15.0. The summed E-state index contributed by atoms with van der Waals surface area (Å²) in [6, 6.07) is 13.0. The fourth-order valence-corrected chi connectivity index (χ4v) is 5.97. The number of carbonyl (C=O) groups excluding carboxylic acids is 2. The molecule has 0 bridgehead atoms. The number of carboxylic acid groups (broad SMARTS) is 1. The first-order chi connectivity index (χ1) is 21.5. The maximum Gasteiger partial charge on any atom is 0.407 e. The molecule has 250 valence electrons. The van der Waals surface area contributed by atoms with Crippen LogP contribution in [0.3, 0.4) is 0 Å². The molecule has 3 N–H and O–H groups in total. The highest BCUT2D eigenvalue weighted by atomic mass is 28.3. The van der Waals surface area contributed by atoms with E-state index >= 15 is 0 Å². The van der Waals surface area contributed by atoms with Crippen LogP contribution in [0.1, 0.15) is 44.5 Å². The van der Waals surface area contributed by atoms with Gasteiger partial charge in [0.1, 0.15) is 24.3 Å². The molecule has 2 atom stereocenters. The summed E-state index contributed by atoms with van der Waals surface area (Å²) in [5, 5.41) is 22.3. The quantitative estimate of drug-likeness (QED) is 0.175. The van der Waals surface area contributed by atoms with Crippen molar-refractivity contribution in [3.63, 3.8) is 0 Å². The third-order valence-corrected chi connectivity index (χ3v) is 9.27. The number of rotatable bonds is 14. The van der Waals surface area contributed by atoms with Gasteiger partial charge in [0.2, 0.25) is 5.91 Å². The van der Waals surface area contributed by atoms with Crippen molar-refractivity contribution < 1.29 is 38.1 Å². The second kappa shape index (κ2) is 15.5. The van der Waals surface area contributed by atoms with Crippen molar-refractivity contribution in [1.29, 1.82) is 0 Å². The van der Waals surface area contributed by atoms with Gasteiger partial charge in [0, 0.05) is 44.2 Å². The molecule has 3 aromatic rings. The van der Waals surface area contributed by atoms with Gasteiger partial charge in [-0.3, -0.25) is 4.79 Å². The molecule has 0 aliphatic carbocycles. The number of hydrogen-bond acceptors (Lipinski definition) is 5. The third kappa shape index (κ3) is 10.2. The van der Waals surface area contributed by atoms with Gasteiger partial charge in [-0.05, 0) is 47.7 Å². The molecule has 0 radical (unpaired) electrons. The van der Waals surface area contributed by atoms with Crippen LogP contribution < -0.4 is 5.32 Å². The Labute approximate surface area is 270 Å². The molecule has 0 aliphatic rings. The number of ether oxygens (including phenoxy) is 1. The van der Waals surface area contributed by atoms with Crippen LogP contribution in [0.25, 0.3) is 11.1 Å². The molecule has 1 heterocycles. The van der Waals surface area contributed by atoms with Crippen LogP contribution in [0.15, 0.2) is 60.8 Å². The second-order valence-corrected chi connectivity index (χ2v) is 19.3. The minimum Gasteiger partial charge on any atom is -0.480 e. The zero-order valence-corrected chi connectivity index (χ0v) is 28.3. The van der Waals surface area contributed by atoms with Crippen molar-refractivity contribution in [2.45, 2.75) is 71.5 Å². The number of carboxylic acids is 1. The minimum absolute atomic E-state index is 0.0449. The number of hydrogen-bond donors (Lipinski definition) is 3. The van der Waals surface area contributed by atoms with E-state index < -0.39 is 61.8 Å². The zero-order valence-electron chi connectivity index (χ0n) is 27.3. The van der Waals surface area contributed by atoms with Gasteiger partial charge >= 0.3 is 12.1 Å². The van der Waals surface area contributed by atoms with Crippen LogP contribution in [-0.4, -0.2) is 71.5 Å². The summed E-state index contributed by atoms with van der Waals surface area (Å²) in [6.07, 6.45) is 0.650. The molecule has 46 heavy (non-hydrogen) atoms. The Kier molecular flexibility index (Phi) is 12.3. The topological polar surface area (TPSA) is 121 Å². The average Bonchev–Trinajstić information content (AvgIpc) is 3.36. The van der Waals surface area contributed by atoms with E-state index in [-0.39, 0.29) is 25.1 Å². The van der Waals surface area contributed by atoms with E-state index in [2.05, 4.69) is 25.0 Å². The standard InChI is InChI=1S/C34H45F2N3O6Si/c1-34(2,3)31(39(30(41)22-40)15-14-28(32(42)43)37-33(44)45-16-17-46(4,5)6)29-18-24(26-19-25(35)12-13-27(26)36)21-38(29)20-23-10-8-7-9-11-23/h7-13,18-19,21,28,31,40H,14-17,20,22H2,1-6H3,(H,37,44)(H,42,43)/t28-,31-/m0/s1. The Hall–Kier alpha value is -4.03. The van der Waals surface area contributed by atoms with Gasteiger partial charge in [-0.1, -0.05) is 70.7 Å². The molecule has 0 saturated heterocycles. The SMILES string of the molecule is CC(C)(C)[C@H](c1cc(-c2cc(F)ccc2F)cn1Cc1ccccc1)N(CC[C@H](NC(=O)OCC[Si](C)(C)C)C(=O)O)C(=O)CO. The summed E-state index contributed by atoms with van der Waals surface area (Å²) >= 11 is 0. The van der Waals surface area contributed by atoms with Crippen molar-refractivity contribution in [2.24, 2.45) is 5.41 Å². The summed E-state index contributed by atoms with van der Waals surface area (Å²) < 4.78 is 36.3. The lowest BCUT2D eigenvalue weighted by molar-refractivity contribution is -0.143. The highest BCUT2D eigenvalue weighted by Gasteiger charge is 2.38. The zero-order chi connectivity index (χ0) is 34.2. The second-order valence-electron chi connectivity index (χ2n) is 13.7. The maximum atomic E-state index is 15.0. The molecule has 0 unspecified atom stereocenters. The summed E-state index contributed by atoms with van der Waals surface area (Å²) in [7, 11) is -1.48. The number of aliphatic hydroxyl groups is 1. The van der Waals surface area contributed by atoms with Crippen molar-refractivity contribution in [1.82, 2.24) is 14.8 Å². The smallest absolute Gasteiger partial charge is 0.407 e. The molecule has 9 nitrogen and oxygen atoms in total. The van der Waals surface area contributed by atoms with Crippen molar-refractivity contribution in [2.75, 3.05) is 19.8 Å². The van der Waals surface area contributed by atoms with Gasteiger partial charge < -0.3 is 29.7 Å². The summed E-state index contributed by atoms with van der Waals surface area (Å²) in [5.41, 5.74) is 1.24. The van der Waals surface area contributed by atoms with Gasteiger partial charge in [-0.15, -0.1) is 0 Å². The van der Waals surface area contributed by atoms with Crippen LogP contribution in [0.4, 0.5) is 13.6 Å². The Morgan fingerprint density at radius 1 is 1.04 bits per heavy atom. The van der Waals surface area contributed by atoms with Gasteiger partial charge in [0.25, 0.3) is 0 Å². The Morgan fingerprint density at radius 2 is 1.72 bits per heavy atom. The van der Waals surface area contributed by atoms with Crippen LogP contribution in [0.5, 0.6) is 0 Å². The van der Waals surface area contributed by atoms with Gasteiger partial charge in [0.05, 0.1) is 12.6 Å². The number of carbonyl (C=O) groups is 3. The van der Waals surface area contributed by atoms with Crippen LogP contribution in [-0.2, 0) is 20.9 Å². The van der Waals surface area contributed by atoms with Gasteiger partial charge in [0.15, 0.2) is 0 Å². The number of nitrogens with one attached hydrogen (secondary N) is 1. The molecule has 0 fully saturated rings. The summed E-state index contributed by atoms with van der Waals surface area (Å²) in [6.45, 7) is 11.6. The van der Waals surface area contributed by atoms with Gasteiger partial charge in [-0.2, -0.15) is 0 Å². The van der Waals surface area contributed by atoms with Crippen LogP contribution >= 0.6 is 0 Å². The van der Waals surface area contributed by atoms with E-state index in [1.807, 2.05) is 55.7 Å². The molecule has 2 amide bonds. The Bertz CT molecular complexity index is 1500. The van der Waals surface area contributed by atoms with E-state index in [1.165, 1.54) is 4.90 Å². The number of aliphatic hydroxyl groups excluding tert-OH is 1. The predicted octanol–water partition coefficient (Wildman–Crippen LogP) is 6.30. The first-order valence-corrected chi connectivity index (χ1v) is 19.0. The number of alkyl carbamates (subject to hydrolysis) is 1. The number of halogens is 2. The third-order valence-electron chi connectivity index (χ3n) is 7.57. The number of aliphatic carboxylic acids is 1. The average molecular weight is 658 g/mol. The molecular formula is C34H45F2N3O6Si. The van der Waals surface area contributed by atoms with Crippen LogP contribution in [0.2, 0.25) is 25.7 Å². The molecular weight excluding hydrogens is 612 g/mol. The minimum atomic E-state index is -1.48. The predicted molar refractivity (Wildman–Crippen MR) is 175 cm³/mol. The van der Waals surface area contributed by atoms with E-state index in [4.69, 9.17) is 4.74 Å². The number of amides is 2. The van der Waals surface area contributed by atoms with Crippen molar-refractivity contribution in [3.05, 3.63) is 83.7 Å². The monoisotopic (exact) mass is 657 g/mol. The first-order valence-electron chi connectivity index (χ1n) is 15.3. The number of benzene rings is 2. The number of nitrogens with zero attached hydrogens (tertiary/aromatic N) is 2. The molecule has 0 spiro atoms. The molecule has 0 saturated carbocycles. The Morgan fingerprint density at radius 3 is 2.30 bits per heavy atom. The molecule has 0 aliphatic heterocycles. The number of aromatic nitrogens is 1. The molecule has 3 rings (SSSR count). The highest BCUT2D eigenvalue weighted by Crippen LogP contribution is 2.41. The molecule has 1 aromatic heterocycles. The largest absolute Gasteiger partial charge is 0.480 e. The van der Waals surface area contributed by atoms with E-state index in [1.54, 1.807) is 12.3 Å². The molecule has 12 heteroatoms. The molecule has 2 aromatic carbocycles. The fraction of sp³-hybridized carbons (Fsp3) is 0.441. The van der Waals surface area contributed by atoms with E-state index in [0.717, 1.165) is 23.8 Å². The van der Waals surface area contributed by atoms with Gasteiger partial charge in [-0.25, -0.2) is 18.4 Å². The lowest BCUT2D eigenvalue weighted by atomic mass is 9.82. The lowest BCUT2D eigenvalue weighted by Crippen LogP contribution is -2.48. The summed E-state index contributed by atoms with van der Waals surface area (Å²) in [5.74, 6) is -3.19. The van der Waals surface area contributed by atoms with E-state index in [9.17, 15) is 33.4 Å². The first kappa shape index (κ1) is 36.4. The van der Waals surface area contributed by atoms with Crippen LogP contribution in [0, 0.1) is 17.0 Å². The fourth-order valence-electron chi connectivity index (χ4n) is 5.26. The normalized spacial score (nSPS) is 13.2. The Balaban J connectivity index is 2.02. The highest BCUT2D eigenvalue weighted by molar-refractivity contribution is 6.76. The lowest BCUT2D eigenvalue weighted by Gasteiger charge is -2.41.